The summed E-state index contributed by atoms with van der Waals surface area (Å²) in [6.07, 6.45) is 1.59. The maximum atomic E-state index is 12.8. The fourth-order valence-corrected chi connectivity index (χ4v) is 3.51. The largest absolute Gasteiger partial charge is 0.497 e. The Bertz CT molecular complexity index is 789. The number of benzene rings is 2. The van der Waals surface area contributed by atoms with E-state index >= 15 is 0 Å². The van der Waals surface area contributed by atoms with Gasteiger partial charge in [-0.3, -0.25) is 9.59 Å². The average molecular weight is 366 g/mol. The molecule has 1 saturated heterocycles. The zero-order valence-corrected chi connectivity index (χ0v) is 15.9. The number of methoxy groups -OCH3 is 1. The Morgan fingerprint density at radius 1 is 1.11 bits per heavy atom. The Morgan fingerprint density at radius 2 is 1.81 bits per heavy atom. The Balaban J connectivity index is 1.64. The van der Waals surface area contributed by atoms with Gasteiger partial charge in [-0.15, -0.1) is 0 Å². The van der Waals surface area contributed by atoms with Gasteiger partial charge in [-0.1, -0.05) is 30.3 Å². The molecule has 0 aliphatic carbocycles. The van der Waals surface area contributed by atoms with Gasteiger partial charge in [0.05, 0.1) is 12.5 Å². The molecule has 2 amide bonds. The number of nitrogens with one attached hydrogen (secondary N) is 1. The van der Waals surface area contributed by atoms with Crippen LogP contribution in [0.5, 0.6) is 5.75 Å². The normalized spacial score (nSPS) is 19.4. The van der Waals surface area contributed by atoms with Crippen LogP contribution in [0, 0.1) is 5.41 Å². The summed E-state index contributed by atoms with van der Waals surface area (Å²) in [5.41, 5.74) is 1.11. The molecule has 1 aliphatic rings. The summed E-state index contributed by atoms with van der Waals surface area (Å²) in [5.74, 6) is 0.674. The molecule has 0 radical (unpaired) electrons. The highest BCUT2D eigenvalue weighted by Gasteiger charge is 2.39. The van der Waals surface area contributed by atoms with Crippen molar-refractivity contribution in [1.82, 2.24) is 10.2 Å². The predicted octanol–water partition coefficient (Wildman–Crippen LogP) is 3.25. The van der Waals surface area contributed by atoms with E-state index in [4.69, 9.17) is 4.74 Å². The Hall–Kier alpha value is -2.82. The van der Waals surface area contributed by atoms with Crippen LogP contribution in [-0.4, -0.2) is 36.9 Å². The molecule has 0 aromatic heterocycles. The van der Waals surface area contributed by atoms with Crippen molar-refractivity contribution in [2.24, 2.45) is 5.41 Å². The summed E-state index contributed by atoms with van der Waals surface area (Å²) in [6.45, 7) is 3.55. The van der Waals surface area contributed by atoms with Crippen molar-refractivity contribution in [2.45, 2.75) is 26.3 Å². The van der Waals surface area contributed by atoms with Crippen LogP contribution in [0.4, 0.5) is 0 Å². The number of carbonyl (C=O) groups excluding carboxylic acids is 2. The lowest BCUT2D eigenvalue weighted by atomic mass is 9.80. The third-order valence-corrected chi connectivity index (χ3v) is 5.16. The average Bonchev–Trinajstić information content (AvgIpc) is 2.72. The summed E-state index contributed by atoms with van der Waals surface area (Å²) in [6, 6.07) is 16.9. The van der Waals surface area contributed by atoms with Gasteiger partial charge >= 0.3 is 0 Å². The summed E-state index contributed by atoms with van der Waals surface area (Å²) in [5, 5.41) is 3.03. The molecule has 3 rings (SSSR count). The number of ether oxygens (including phenoxy) is 1. The van der Waals surface area contributed by atoms with Gasteiger partial charge in [-0.25, -0.2) is 0 Å². The zero-order valence-electron chi connectivity index (χ0n) is 15.9. The molecule has 1 atom stereocenters. The number of likely N-dealkylation sites (tertiary alicyclic amines) is 1. The van der Waals surface area contributed by atoms with Crippen molar-refractivity contribution in [3.05, 3.63) is 65.7 Å². The minimum absolute atomic E-state index is 0.00131. The Labute approximate surface area is 160 Å². The zero-order chi connectivity index (χ0) is 19.3. The molecule has 1 aliphatic heterocycles. The molecule has 142 valence electrons. The maximum absolute atomic E-state index is 12.8. The first kappa shape index (κ1) is 19.0. The van der Waals surface area contributed by atoms with Crippen LogP contribution in [-0.2, 0) is 11.3 Å². The highest BCUT2D eigenvalue weighted by molar-refractivity contribution is 5.95. The van der Waals surface area contributed by atoms with Crippen LogP contribution >= 0.6 is 0 Å². The quantitative estimate of drug-likeness (QED) is 0.884. The van der Waals surface area contributed by atoms with E-state index in [1.165, 1.54) is 0 Å². The first-order chi connectivity index (χ1) is 13.0. The van der Waals surface area contributed by atoms with Gasteiger partial charge in [0.25, 0.3) is 5.91 Å². The van der Waals surface area contributed by atoms with E-state index in [1.54, 1.807) is 36.3 Å². The molecular formula is C22H26N2O3. The number of hydrogen-bond acceptors (Lipinski definition) is 3. The smallest absolute Gasteiger partial charge is 0.253 e. The molecule has 0 spiro atoms. The highest BCUT2D eigenvalue weighted by atomic mass is 16.5. The molecule has 1 heterocycles. The van der Waals surface area contributed by atoms with Crippen LogP contribution in [0.15, 0.2) is 54.6 Å². The van der Waals surface area contributed by atoms with E-state index in [1.807, 2.05) is 37.3 Å². The number of hydrogen-bond donors (Lipinski definition) is 1. The van der Waals surface area contributed by atoms with E-state index in [-0.39, 0.29) is 11.8 Å². The number of amides is 2. The summed E-state index contributed by atoms with van der Waals surface area (Å²) in [4.78, 5) is 27.4. The lowest BCUT2D eigenvalue weighted by Gasteiger charge is -2.39. The number of piperidine rings is 1. The second-order valence-corrected chi connectivity index (χ2v) is 7.29. The molecule has 27 heavy (non-hydrogen) atoms. The van der Waals surface area contributed by atoms with Gasteiger partial charge in [0.2, 0.25) is 5.91 Å². The van der Waals surface area contributed by atoms with Gasteiger partial charge in [-0.05, 0) is 49.6 Å². The monoisotopic (exact) mass is 366 g/mol. The fraction of sp³-hybridized carbons (Fsp3) is 0.364. The summed E-state index contributed by atoms with van der Waals surface area (Å²) >= 11 is 0. The molecular weight excluding hydrogens is 340 g/mol. The second-order valence-electron chi connectivity index (χ2n) is 7.29. The van der Waals surface area contributed by atoms with Crippen molar-refractivity contribution in [2.75, 3.05) is 20.2 Å². The van der Waals surface area contributed by atoms with Gasteiger partial charge in [-0.2, -0.15) is 0 Å². The van der Waals surface area contributed by atoms with Gasteiger partial charge < -0.3 is 15.0 Å². The van der Waals surface area contributed by atoms with E-state index in [9.17, 15) is 9.59 Å². The molecule has 1 unspecified atom stereocenters. The third kappa shape index (κ3) is 4.48. The molecule has 1 N–H and O–H groups in total. The van der Waals surface area contributed by atoms with Crippen LogP contribution in [0.2, 0.25) is 0 Å². The highest BCUT2D eigenvalue weighted by Crippen LogP contribution is 2.31. The van der Waals surface area contributed by atoms with E-state index in [2.05, 4.69) is 5.32 Å². The van der Waals surface area contributed by atoms with Crippen molar-refractivity contribution in [3.8, 4) is 5.75 Å². The topological polar surface area (TPSA) is 58.6 Å². The van der Waals surface area contributed by atoms with E-state index in [0.29, 0.717) is 25.2 Å². The molecule has 5 heteroatoms. The summed E-state index contributed by atoms with van der Waals surface area (Å²) < 4.78 is 5.14. The van der Waals surface area contributed by atoms with Gasteiger partial charge in [0.1, 0.15) is 5.75 Å². The van der Waals surface area contributed by atoms with Crippen molar-refractivity contribution >= 4 is 11.8 Å². The Morgan fingerprint density at radius 3 is 2.48 bits per heavy atom. The fourth-order valence-electron chi connectivity index (χ4n) is 3.51. The molecule has 2 aromatic rings. The van der Waals surface area contributed by atoms with Crippen molar-refractivity contribution < 1.29 is 14.3 Å². The predicted molar refractivity (Wildman–Crippen MR) is 105 cm³/mol. The number of rotatable bonds is 5. The molecule has 0 saturated carbocycles. The Kier molecular flexibility index (Phi) is 5.79. The van der Waals surface area contributed by atoms with Gasteiger partial charge in [0, 0.05) is 25.2 Å². The standard InChI is InChI=1S/C22H26N2O3/c1-22(21(26)23-15-17-7-4-3-5-8-17)13-6-14-24(16-22)20(25)18-9-11-19(27-2)12-10-18/h3-5,7-12H,6,13-16H2,1-2H3,(H,23,26). The van der Waals surface area contributed by atoms with Gasteiger partial charge in [0.15, 0.2) is 0 Å². The van der Waals surface area contributed by atoms with Crippen LogP contribution in [0.1, 0.15) is 35.7 Å². The lowest BCUT2D eigenvalue weighted by Crippen LogP contribution is -2.51. The van der Waals surface area contributed by atoms with E-state index < -0.39 is 5.41 Å². The lowest BCUT2D eigenvalue weighted by molar-refractivity contribution is -0.132. The third-order valence-electron chi connectivity index (χ3n) is 5.16. The first-order valence-corrected chi connectivity index (χ1v) is 9.27. The van der Waals surface area contributed by atoms with Crippen LogP contribution < -0.4 is 10.1 Å². The first-order valence-electron chi connectivity index (χ1n) is 9.27. The molecule has 1 fully saturated rings. The minimum Gasteiger partial charge on any atom is -0.497 e. The van der Waals surface area contributed by atoms with Crippen molar-refractivity contribution in [3.63, 3.8) is 0 Å². The number of nitrogens with zero attached hydrogens (tertiary/aromatic N) is 1. The maximum Gasteiger partial charge on any atom is 0.253 e. The number of carbonyl (C=O) groups is 2. The second kappa shape index (κ2) is 8.25. The molecule has 0 bridgehead atoms. The van der Waals surface area contributed by atoms with Crippen LogP contribution in [0.3, 0.4) is 0 Å². The minimum atomic E-state index is -0.574. The van der Waals surface area contributed by atoms with E-state index in [0.717, 1.165) is 24.2 Å². The summed E-state index contributed by atoms with van der Waals surface area (Å²) in [7, 11) is 1.60. The van der Waals surface area contributed by atoms with Crippen LogP contribution in [0.25, 0.3) is 0 Å². The molecule has 2 aromatic carbocycles. The molecule has 5 nitrogen and oxygen atoms in total. The SMILES string of the molecule is COc1ccc(C(=O)N2CCCC(C)(C(=O)NCc3ccccc3)C2)cc1. The van der Waals surface area contributed by atoms with Crippen molar-refractivity contribution in [1.29, 1.82) is 0 Å².